The summed E-state index contributed by atoms with van der Waals surface area (Å²) in [5.41, 5.74) is 2.40. The molecule has 0 spiro atoms. The van der Waals surface area contributed by atoms with Gasteiger partial charge in [0.15, 0.2) is 0 Å². The fourth-order valence-electron chi connectivity index (χ4n) is 1.59. The molecule has 0 saturated carbocycles. The number of anilines is 1. The summed E-state index contributed by atoms with van der Waals surface area (Å²) in [5, 5.41) is 2.64. The third kappa shape index (κ3) is 3.84. The number of H-pyrrole nitrogens is 1. The molecule has 0 saturated heterocycles. The lowest BCUT2D eigenvalue weighted by atomic mass is 10.1. The van der Waals surface area contributed by atoms with Gasteiger partial charge in [0, 0.05) is 12.4 Å². The number of aromatic nitrogens is 2. The number of rotatable bonds is 5. The topological polar surface area (TPSA) is 67.0 Å². The summed E-state index contributed by atoms with van der Waals surface area (Å²) in [6, 6.07) is 5.89. The Morgan fingerprint density at radius 3 is 2.89 bits per heavy atom. The van der Waals surface area contributed by atoms with Crippen molar-refractivity contribution in [3.05, 3.63) is 41.7 Å². The highest BCUT2D eigenvalue weighted by Crippen LogP contribution is 2.16. The number of hydrogen-bond acceptors (Lipinski definition) is 3. The first-order chi connectivity index (χ1) is 9.15. The average molecular weight is 259 g/mol. The molecule has 0 atom stereocenters. The van der Waals surface area contributed by atoms with Crippen molar-refractivity contribution in [2.45, 2.75) is 20.3 Å². The van der Waals surface area contributed by atoms with Crippen molar-refractivity contribution in [1.82, 2.24) is 9.97 Å². The molecule has 100 valence electrons. The maximum atomic E-state index is 11.6. The van der Waals surface area contributed by atoms with E-state index in [9.17, 15) is 4.79 Å². The lowest BCUT2D eigenvalue weighted by Crippen LogP contribution is -2.16. The Labute approximate surface area is 112 Å². The summed E-state index contributed by atoms with van der Waals surface area (Å²) < 4.78 is 5.54. The molecule has 1 heterocycles. The van der Waals surface area contributed by atoms with Crippen LogP contribution in [-0.4, -0.2) is 22.5 Å². The molecule has 1 aromatic heterocycles. The number of nitrogens with zero attached hydrogens (tertiary/aromatic N) is 1. The van der Waals surface area contributed by atoms with Crippen LogP contribution in [0, 0.1) is 13.8 Å². The van der Waals surface area contributed by atoms with Crippen LogP contribution >= 0.6 is 0 Å². The SMILES string of the molecule is Cc1ccc(OCCC(=O)Nc2ncc[nH]2)cc1C. The van der Waals surface area contributed by atoms with E-state index in [4.69, 9.17) is 4.74 Å². The number of nitrogens with one attached hydrogen (secondary N) is 2. The van der Waals surface area contributed by atoms with Crippen molar-refractivity contribution in [2.75, 3.05) is 11.9 Å². The van der Waals surface area contributed by atoms with Gasteiger partial charge >= 0.3 is 0 Å². The smallest absolute Gasteiger partial charge is 0.230 e. The minimum Gasteiger partial charge on any atom is -0.493 e. The van der Waals surface area contributed by atoms with Gasteiger partial charge in [0.1, 0.15) is 5.75 Å². The van der Waals surface area contributed by atoms with Crippen LogP contribution < -0.4 is 10.1 Å². The van der Waals surface area contributed by atoms with Gasteiger partial charge in [-0.15, -0.1) is 0 Å². The molecule has 5 heteroatoms. The summed E-state index contributed by atoms with van der Waals surface area (Å²) in [7, 11) is 0. The first-order valence-electron chi connectivity index (χ1n) is 6.14. The van der Waals surface area contributed by atoms with Gasteiger partial charge in [-0.05, 0) is 37.1 Å². The second-order valence-electron chi connectivity index (χ2n) is 4.33. The van der Waals surface area contributed by atoms with Crippen LogP contribution in [0.15, 0.2) is 30.6 Å². The van der Waals surface area contributed by atoms with Gasteiger partial charge in [-0.3, -0.25) is 10.1 Å². The zero-order valence-electron chi connectivity index (χ0n) is 11.1. The highest BCUT2D eigenvalue weighted by Gasteiger charge is 2.04. The van der Waals surface area contributed by atoms with Crippen molar-refractivity contribution in [3.8, 4) is 5.75 Å². The van der Waals surface area contributed by atoms with Gasteiger partial charge < -0.3 is 9.72 Å². The quantitative estimate of drug-likeness (QED) is 0.866. The van der Waals surface area contributed by atoms with E-state index in [1.54, 1.807) is 12.4 Å². The Hall–Kier alpha value is -2.30. The Morgan fingerprint density at radius 2 is 2.21 bits per heavy atom. The Kier molecular flexibility index (Phi) is 4.18. The predicted octanol–water partition coefficient (Wildman–Crippen LogP) is 2.43. The minimum atomic E-state index is -0.126. The molecule has 0 unspecified atom stereocenters. The van der Waals surface area contributed by atoms with Crippen molar-refractivity contribution in [3.63, 3.8) is 0 Å². The summed E-state index contributed by atoms with van der Waals surface area (Å²) in [6.45, 7) is 4.43. The Bertz CT molecular complexity index is 550. The maximum absolute atomic E-state index is 11.6. The van der Waals surface area contributed by atoms with Crippen LogP contribution in [0.25, 0.3) is 0 Å². The van der Waals surface area contributed by atoms with E-state index in [1.165, 1.54) is 11.1 Å². The highest BCUT2D eigenvalue weighted by atomic mass is 16.5. The van der Waals surface area contributed by atoms with Crippen LogP contribution in [0.1, 0.15) is 17.5 Å². The van der Waals surface area contributed by atoms with E-state index in [0.29, 0.717) is 12.6 Å². The standard InChI is InChI=1S/C14H17N3O2/c1-10-3-4-12(9-11(10)2)19-8-5-13(18)17-14-15-6-7-16-14/h3-4,6-7,9H,5,8H2,1-2H3,(H2,15,16,17,18). The third-order valence-electron chi connectivity index (χ3n) is 2.83. The first-order valence-corrected chi connectivity index (χ1v) is 6.14. The number of hydrogen-bond donors (Lipinski definition) is 2. The normalized spacial score (nSPS) is 10.2. The number of aromatic amines is 1. The number of benzene rings is 1. The number of ether oxygens (including phenoxy) is 1. The van der Waals surface area contributed by atoms with Crippen LogP contribution in [0.3, 0.4) is 0 Å². The fourth-order valence-corrected chi connectivity index (χ4v) is 1.59. The molecule has 5 nitrogen and oxygen atoms in total. The molecule has 0 aliphatic heterocycles. The first kappa shape index (κ1) is 13.1. The van der Waals surface area contributed by atoms with Crippen molar-refractivity contribution in [1.29, 1.82) is 0 Å². The summed E-state index contributed by atoms with van der Waals surface area (Å²) in [5.74, 6) is 1.11. The lowest BCUT2D eigenvalue weighted by Gasteiger charge is -2.08. The molecule has 0 aliphatic rings. The van der Waals surface area contributed by atoms with Gasteiger partial charge in [0.2, 0.25) is 11.9 Å². The summed E-state index contributed by atoms with van der Waals surface area (Å²) >= 11 is 0. The maximum Gasteiger partial charge on any atom is 0.230 e. The zero-order valence-corrected chi connectivity index (χ0v) is 11.1. The molecule has 19 heavy (non-hydrogen) atoms. The van der Waals surface area contributed by atoms with E-state index >= 15 is 0 Å². The summed E-state index contributed by atoms with van der Waals surface area (Å²) in [4.78, 5) is 18.3. The van der Waals surface area contributed by atoms with Gasteiger partial charge in [-0.25, -0.2) is 4.98 Å². The minimum absolute atomic E-state index is 0.126. The van der Waals surface area contributed by atoms with Gasteiger partial charge in [-0.2, -0.15) is 0 Å². The van der Waals surface area contributed by atoms with Crippen LogP contribution in [0.2, 0.25) is 0 Å². The molecule has 1 amide bonds. The monoisotopic (exact) mass is 259 g/mol. The molecule has 0 aliphatic carbocycles. The molecular weight excluding hydrogens is 242 g/mol. The van der Waals surface area contributed by atoms with Crippen molar-refractivity contribution >= 4 is 11.9 Å². The molecule has 2 aromatic rings. The van der Waals surface area contributed by atoms with Crippen molar-refractivity contribution < 1.29 is 9.53 Å². The van der Waals surface area contributed by atoms with E-state index in [2.05, 4.69) is 22.2 Å². The van der Waals surface area contributed by atoms with Crippen LogP contribution in [-0.2, 0) is 4.79 Å². The second kappa shape index (κ2) is 6.04. The van der Waals surface area contributed by atoms with E-state index in [-0.39, 0.29) is 12.3 Å². The van der Waals surface area contributed by atoms with Crippen molar-refractivity contribution in [2.24, 2.45) is 0 Å². The lowest BCUT2D eigenvalue weighted by molar-refractivity contribution is -0.116. The molecule has 0 radical (unpaired) electrons. The van der Waals surface area contributed by atoms with Gasteiger partial charge in [-0.1, -0.05) is 6.07 Å². The summed E-state index contributed by atoms with van der Waals surface area (Å²) in [6.07, 6.45) is 3.52. The Morgan fingerprint density at radius 1 is 1.37 bits per heavy atom. The third-order valence-corrected chi connectivity index (χ3v) is 2.83. The number of carbonyl (C=O) groups is 1. The van der Waals surface area contributed by atoms with Gasteiger partial charge in [0.05, 0.1) is 13.0 Å². The number of imidazole rings is 1. The number of amides is 1. The number of aryl methyl sites for hydroxylation is 2. The fraction of sp³-hybridized carbons (Fsp3) is 0.286. The van der Waals surface area contributed by atoms with E-state index < -0.39 is 0 Å². The molecule has 2 rings (SSSR count). The predicted molar refractivity (Wildman–Crippen MR) is 73.2 cm³/mol. The second-order valence-corrected chi connectivity index (χ2v) is 4.33. The Balaban J connectivity index is 1.76. The zero-order chi connectivity index (χ0) is 13.7. The molecule has 2 N–H and O–H groups in total. The molecule has 0 fully saturated rings. The van der Waals surface area contributed by atoms with Crippen LogP contribution in [0.4, 0.5) is 5.95 Å². The molecular formula is C14H17N3O2. The van der Waals surface area contributed by atoms with E-state index in [0.717, 1.165) is 5.75 Å². The number of carbonyl (C=O) groups excluding carboxylic acids is 1. The van der Waals surface area contributed by atoms with E-state index in [1.807, 2.05) is 25.1 Å². The van der Waals surface area contributed by atoms with Crippen LogP contribution in [0.5, 0.6) is 5.75 Å². The molecule has 1 aromatic carbocycles. The largest absolute Gasteiger partial charge is 0.493 e. The average Bonchev–Trinajstić information content (AvgIpc) is 2.86. The molecule has 0 bridgehead atoms. The van der Waals surface area contributed by atoms with Gasteiger partial charge in [0.25, 0.3) is 0 Å². The highest BCUT2D eigenvalue weighted by molar-refractivity contribution is 5.88.